The van der Waals surface area contributed by atoms with Crippen LogP contribution in [0.15, 0.2) is 24.3 Å². The minimum atomic E-state index is 0.130. The Bertz CT molecular complexity index is 325. The Kier molecular flexibility index (Phi) is 3.62. The van der Waals surface area contributed by atoms with Crippen LogP contribution >= 0.6 is 0 Å². The molecule has 0 heterocycles. The van der Waals surface area contributed by atoms with Gasteiger partial charge in [0.15, 0.2) is 0 Å². The normalized spacial score (nSPS) is 18.5. The largest absolute Gasteiger partial charge is 0.323 e. The molecule has 1 aliphatic carbocycles. The third-order valence-electron chi connectivity index (χ3n) is 3.50. The quantitative estimate of drug-likeness (QED) is 0.841. The first-order chi connectivity index (χ1) is 7.66. The molecule has 1 saturated carbocycles. The average molecular weight is 218 g/mol. The van der Waals surface area contributed by atoms with Crippen molar-refractivity contribution in [2.45, 2.75) is 31.2 Å². The van der Waals surface area contributed by atoms with Gasteiger partial charge in [-0.2, -0.15) is 0 Å². The molecular formula is C14H22N2. The standard InChI is InChI=1S/C14H22N2/c1-16(2)10-14(15)13-8-6-12(7-9-13)11-4-3-5-11/h6-9,11,14H,3-5,10,15H2,1-2H3. The maximum Gasteiger partial charge on any atom is 0.0424 e. The van der Waals surface area contributed by atoms with Gasteiger partial charge in [0.05, 0.1) is 0 Å². The van der Waals surface area contributed by atoms with Crippen LogP contribution in [0.2, 0.25) is 0 Å². The molecule has 1 atom stereocenters. The molecule has 2 N–H and O–H groups in total. The van der Waals surface area contributed by atoms with Crippen LogP contribution in [0.25, 0.3) is 0 Å². The van der Waals surface area contributed by atoms with Crippen molar-refractivity contribution in [3.63, 3.8) is 0 Å². The van der Waals surface area contributed by atoms with Crippen molar-refractivity contribution < 1.29 is 0 Å². The molecular weight excluding hydrogens is 196 g/mol. The van der Waals surface area contributed by atoms with E-state index in [0.717, 1.165) is 12.5 Å². The summed E-state index contributed by atoms with van der Waals surface area (Å²) in [6, 6.07) is 9.04. The van der Waals surface area contributed by atoms with Gasteiger partial charge in [0.2, 0.25) is 0 Å². The maximum atomic E-state index is 6.13. The van der Waals surface area contributed by atoms with Crippen molar-refractivity contribution >= 4 is 0 Å². The van der Waals surface area contributed by atoms with E-state index in [0.29, 0.717) is 0 Å². The van der Waals surface area contributed by atoms with Crippen molar-refractivity contribution in [1.82, 2.24) is 4.90 Å². The summed E-state index contributed by atoms with van der Waals surface area (Å²) in [5, 5.41) is 0. The lowest BCUT2D eigenvalue weighted by Gasteiger charge is -2.26. The van der Waals surface area contributed by atoms with Crippen molar-refractivity contribution in [2.24, 2.45) is 5.73 Å². The first kappa shape index (κ1) is 11.6. The van der Waals surface area contributed by atoms with Crippen LogP contribution in [0.5, 0.6) is 0 Å². The molecule has 1 aromatic rings. The lowest BCUT2D eigenvalue weighted by Crippen LogP contribution is -2.26. The molecule has 2 nitrogen and oxygen atoms in total. The second kappa shape index (κ2) is 4.98. The van der Waals surface area contributed by atoms with Gasteiger partial charge >= 0.3 is 0 Å². The number of hydrogen-bond donors (Lipinski definition) is 1. The van der Waals surface area contributed by atoms with Gasteiger partial charge in [0.1, 0.15) is 0 Å². The number of hydrogen-bond acceptors (Lipinski definition) is 2. The second-order valence-electron chi connectivity index (χ2n) is 5.16. The van der Waals surface area contributed by atoms with Crippen LogP contribution in [0.1, 0.15) is 42.3 Å². The highest BCUT2D eigenvalue weighted by Gasteiger charge is 2.19. The smallest absolute Gasteiger partial charge is 0.0424 e. The molecule has 0 amide bonds. The first-order valence-electron chi connectivity index (χ1n) is 6.17. The van der Waals surface area contributed by atoms with Crippen LogP contribution in [0.3, 0.4) is 0 Å². The third-order valence-corrected chi connectivity index (χ3v) is 3.50. The van der Waals surface area contributed by atoms with Gasteiger partial charge in [-0.25, -0.2) is 0 Å². The number of nitrogens with zero attached hydrogens (tertiary/aromatic N) is 1. The third kappa shape index (κ3) is 2.63. The van der Waals surface area contributed by atoms with E-state index in [-0.39, 0.29) is 6.04 Å². The summed E-state index contributed by atoms with van der Waals surface area (Å²) in [4.78, 5) is 2.13. The average Bonchev–Trinajstić information content (AvgIpc) is 2.15. The number of nitrogens with two attached hydrogens (primary N) is 1. The molecule has 2 heteroatoms. The Hall–Kier alpha value is -0.860. The predicted octanol–water partition coefficient (Wildman–Crippen LogP) is 2.52. The lowest BCUT2D eigenvalue weighted by molar-refractivity contribution is 0.376. The minimum absolute atomic E-state index is 0.130. The zero-order valence-corrected chi connectivity index (χ0v) is 10.3. The number of likely N-dealkylation sites (N-methyl/N-ethyl adjacent to an activating group) is 1. The Balaban J connectivity index is 2.00. The van der Waals surface area contributed by atoms with E-state index in [2.05, 4.69) is 43.3 Å². The summed E-state index contributed by atoms with van der Waals surface area (Å²) in [5.74, 6) is 0.819. The van der Waals surface area contributed by atoms with Crippen LogP contribution in [-0.2, 0) is 0 Å². The van der Waals surface area contributed by atoms with Gasteiger partial charge in [-0.3, -0.25) is 0 Å². The van der Waals surface area contributed by atoms with Gasteiger partial charge < -0.3 is 10.6 Å². The van der Waals surface area contributed by atoms with Crippen LogP contribution in [0, 0.1) is 0 Å². The highest BCUT2D eigenvalue weighted by atomic mass is 15.1. The fourth-order valence-corrected chi connectivity index (χ4v) is 2.26. The fourth-order valence-electron chi connectivity index (χ4n) is 2.26. The molecule has 0 aromatic heterocycles. The van der Waals surface area contributed by atoms with E-state index in [1.165, 1.54) is 30.4 Å². The first-order valence-corrected chi connectivity index (χ1v) is 6.17. The zero-order chi connectivity index (χ0) is 11.5. The lowest BCUT2D eigenvalue weighted by atomic mass is 9.80. The van der Waals surface area contributed by atoms with Gasteiger partial charge in [-0.1, -0.05) is 30.7 Å². The number of rotatable bonds is 4. The second-order valence-corrected chi connectivity index (χ2v) is 5.16. The van der Waals surface area contributed by atoms with E-state index in [4.69, 9.17) is 5.73 Å². The van der Waals surface area contributed by atoms with Gasteiger partial charge in [-0.05, 0) is 44.0 Å². The van der Waals surface area contributed by atoms with Crippen LogP contribution in [0.4, 0.5) is 0 Å². The Morgan fingerprint density at radius 3 is 2.31 bits per heavy atom. The summed E-state index contributed by atoms with van der Waals surface area (Å²) < 4.78 is 0. The summed E-state index contributed by atoms with van der Waals surface area (Å²) in [7, 11) is 4.12. The van der Waals surface area contributed by atoms with E-state index in [9.17, 15) is 0 Å². The van der Waals surface area contributed by atoms with Crippen molar-refractivity contribution in [3.8, 4) is 0 Å². The van der Waals surface area contributed by atoms with Crippen molar-refractivity contribution in [3.05, 3.63) is 35.4 Å². The molecule has 0 spiro atoms. The summed E-state index contributed by atoms with van der Waals surface area (Å²) in [6.45, 7) is 0.906. The van der Waals surface area contributed by atoms with E-state index in [1.54, 1.807) is 0 Å². The summed E-state index contributed by atoms with van der Waals surface area (Å²) in [6.07, 6.45) is 4.12. The molecule has 1 fully saturated rings. The predicted molar refractivity (Wildman–Crippen MR) is 68.5 cm³/mol. The topological polar surface area (TPSA) is 29.3 Å². The zero-order valence-electron chi connectivity index (χ0n) is 10.3. The van der Waals surface area contributed by atoms with Gasteiger partial charge in [-0.15, -0.1) is 0 Å². The summed E-state index contributed by atoms with van der Waals surface area (Å²) >= 11 is 0. The van der Waals surface area contributed by atoms with Crippen molar-refractivity contribution in [1.29, 1.82) is 0 Å². The van der Waals surface area contributed by atoms with Crippen molar-refractivity contribution in [2.75, 3.05) is 20.6 Å². The molecule has 1 unspecified atom stereocenters. The highest BCUT2D eigenvalue weighted by molar-refractivity contribution is 5.28. The maximum absolute atomic E-state index is 6.13. The van der Waals surface area contributed by atoms with E-state index >= 15 is 0 Å². The monoisotopic (exact) mass is 218 g/mol. The van der Waals surface area contributed by atoms with Crippen LogP contribution < -0.4 is 5.73 Å². The molecule has 0 aliphatic heterocycles. The summed E-state index contributed by atoms with van der Waals surface area (Å²) in [5.41, 5.74) is 8.87. The van der Waals surface area contributed by atoms with Gasteiger partial charge in [0, 0.05) is 12.6 Å². The fraction of sp³-hybridized carbons (Fsp3) is 0.571. The van der Waals surface area contributed by atoms with Gasteiger partial charge in [0.25, 0.3) is 0 Å². The Morgan fingerprint density at radius 1 is 1.25 bits per heavy atom. The molecule has 1 aliphatic rings. The molecule has 16 heavy (non-hydrogen) atoms. The van der Waals surface area contributed by atoms with E-state index < -0.39 is 0 Å². The van der Waals surface area contributed by atoms with E-state index in [1.807, 2.05) is 0 Å². The molecule has 88 valence electrons. The molecule has 0 saturated heterocycles. The molecule has 0 bridgehead atoms. The molecule has 1 aromatic carbocycles. The molecule has 0 radical (unpaired) electrons. The van der Waals surface area contributed by atoms with Crippen LogP contribution in [-0.4, -0.2) is 25.5 Å². The Morgan fingerprint density at radius 2 is 1.88 bits per heavy atom. The molecule has 2 rings (SSSR count). The highest BCUT2D eigenvalue weighted by Crippen LogP contribution is 2.36. The minimum Gasteiger partial charge on any atom is -0.323 e. The SMILES string of the molecule is CN(C)CC(N)c1ccc(C2CCC2)cc1. The number of benzene rings is 1. The Labute approximate surface area is 98.4 Å².